The van der Waals surface area contributed by atoms with Gasteiger partial charge in [-0.25, -0.2) is 13.6 Å². The van der Waals surface area contributed by atoms with E-state index in [1.165, 1.54) is 51.6 Å². The highest BCUT2D eigenvalue weighted by atomic mass is 32.2. The number of sulfonamides is 1. The molecule has 0 atom stereocenters. The van der Waals surface area contributed by atoms with Crippen LogP contribution in [0.25, 0.3) is 0 Å². The lowest BCUT2D eigenvalue weighted by molar-refractivity contribution is 0.201. The fourth-order valence-electron chi connectivity index (χ4n) is 3.65. The Bertz CT molecular complexity index is 394. The summed E-state index contributed by atoms with van der Waals surface area (Å²) >= 11 is 0. The molecule has 6 heteroatoms. The SMILES string of the molecule is NS(=O)(=O)CCCN1CCCN(CC2CCCCC2)CC1. The zero-order valence-corrected chi connectivity index (χ0v) is 14.0. The molecule has 2 aliphatic rings. The van der Waals surface area contributed by atoms with Crippen LogP contribution in [0.2, 0.25) is 0 Å². The molecule has 0 bridgehead atoms. The van der Waals surface area contributed by atoms with E-state index in [-0.39, 0.29) is 5.75 Å². The van der Waals surface area contributed by atoms with Crippen LogP contribution in [-0.4, -0.2) is 63.2 Å². The van der Waals surface area contributed by atoms with E-state index in [1.54, 1.807) is 0 Å². The lowest BCUT2D eigenvalue weighted by Crippen LogP contribution is -2.35. The number of nitrogens with zero attached hydrogens (tertiary/aromatic N) is 2. The van der Waals surface area contributed by atoms with Crippen molar-refractivity contribution in [1.82, 2.24) is 9.80 Å². The van der Waals surface area contributed by atoms with E-state index in [9.17, 15) is 8.42 Å². The first kappa shape index (κ1) is 17.2. The van der Waals surface area contributed by atoms with Crippen molar-refractivity contribution in [3.05, 3.63) is 0 Å². The van der Waals surface area contributed by atoms with Crippen molar-refractivity contribution in [1.29, 1.82) is 0 Å². The second kappa shape index (κ2) is 8.46. The van der Waals surface area contributed by atoms with Crippen LogP contribution in [0.15, 0.2) is 0 Å². The maximum absolute atomic E-state index is 11.0. The van der Waals surface area contributed by atoms with Gasteiger partial charge in [-0.1, -0.05) is 19.3 Å². The molecule has 0 unspecified atom stereocenters. The average Bonchev–Trinajstić information content (AvgIpc) is 2.64. The Labute approximate surface area is 129 Å². The minimum absolute atomic E-state index is 0.106. The van der Waals surface area contributed by atoms with Gasteiger partial charge in [-0.05, 0) is 51.2 Å². The third-order valence-electron chi connectivity index (χ3n) is 4.83. The lowest BCUT2D eigenvalue weighted by atomic mass is 9.89. The highest BCUT2D eigenvalue weighted by Crippen LogP contribution is 2.24. The Morgan fingerprint density at radius 1 is 0.905 bits per heavy atom. The number of nitrogens with two attached hydrogens (primary N) is 1. The highest BCUT2D eigenvalue weighted by Gasteiger charge is 2.20. The Hall–Kier alpha value is -0.170. The third-order valence-corrected chi connectivity index (χ3v) is 5.68. The molecule has 21 heavy (non-hydrogen) atoms. The van der Waals surface area contributed by atoms with Crippen molar-refractivity contribution in [2.75, 3.05) is 45.0 Å². The molecule has 0 aromatic carbocycles. The molecule has 1 heterocycles. The predicted octanol–water partition coefficient (Wildman–Crippen LogP) is 1.25. The van der Waals surface area contributed by atoms with Crippen molar-refractivity contribution < 1.29 is 8.42 Å². The maximum Gasteiger partial charge on any atom is 0.209 e. The van der Waals surface area contributed by atoms with Gasteiger partial charge < -0.3 is 9.80 Å². The topological polar surface area (TPSA) is 66.6 Å². The summed E-state index contributed by atoms with van der Waals surface area (Å²) in [4.78, 5) is 5.02. The first-order chi connectivity index (χ1) is 10.0. The third kappa shape index (κ3) is 7.08. The summed E-state index contributed by atoms with van der Waals surface area (Å²) in [6.07, 6.45) is 8.93. The summed E-state index contributed by atoms with van der Waals surface area (Å²) in [5.74, 6) is 1.02. The second-order valence-corrected chi connectivity index (χ2v) is 8.45. The largest absolute Gasteiger partial charge is 0.302 e. The summed E-state index contributed by atoms with van der Waals surface area (Å²) in [5.41, 5.74) is 0. The number of hydrogen-bond donors (Lipinski definition) is 1. The number of rotatable bonds is 6. The van der Waals surface area contributed by atoms with Gasteiger partial charge in [-0.15, -0.1) is 0 Å². The monoisotopic (exact) mass is 317 g/mol. The molecular formula is C15H31N3O2S. The van der Waals surface area contributed by atoms with Crippen LogP contribution in [0.5, 0.6) is 0 Å². The zero-order chi connectivity index (χ0) is 15.1. The second-order valence-electron chi connectivity index (χ2n) is 6.72. The van der Waals surface area contributed by atoms with Gasteiger partial charge >= 0.3 is 0 Å². The minimum atomic E-state index is -3.30. The summed E-state index contributed by atoms with van der Waals surface area (Å²) in [6.45, 7) is 6.61. The fourth-order valence-corrected chi connectivity index (χ4v) is 4.19. The quantitative estimate of drug-likeness (QED) is 0.801. The van der Waals surface area contributed by atoms with E-state index in [0.717, 1.165) is 32.1 Å². The van der Waals surface area contributed by atoms with Crippen molar-refractivity contribution in [2.45, 2.75) is 44.9 Å². The van der Waals surface area contributed by atoms with E-state index >= 15 is 0 Å². The number of primary sulfonamides is 1. The van der Waals surface area contributed by atoms with Crippen LogP contribution < -0.4 is 5.14 Å². The van der Waals surface area contributed by atoms with Crippen LogP contribution in [-0.2, 0) is 10.0 Å². The van der Waals surface area contributed by atoms with Crippen LogP contribution in [0, 0.1) is 5.92 Å². The number of hydrogen-bond acceptors (Lipinski definition) is 4. The van der Waals surface area contributed by atoms with Gasteiger partial charge in [0.15, 0.2) is 0 Å². The molecule has 0 aromatic rings. The standard InChI is InChI=1S/C15H31N3O2S/c16-21(19,20)13-5-10-17-8-4-9-18(12-11-17)14-15-6-2-1-3-7-15/h15H,1-14H2,(H2,16,19,20). The molecule has 0 spiro atoms. The van der Waals surface area contributed by atoms with E-state index in [4.69, 9.17) is 5.14 Å². The molecule has 124 valence electrons. The van der Waals surface area contributed by atoms with Crippen molar-refractivity contribution in [3.8, 4) is 0 Å². The smallest absolute Gasteiger partial charge is 0.209 e. The molecule has 2 rings (SSSR count). The van der Waals surface area contributed by atoms with Crippen molar-refractivity contribution in [3.63, 3.8) is 0 Å². The molecule has 0 aromatic heterocycles. The van der Waals surface area contributed by atoms with Gasteiger partial charge in [0.05, 0.1) is 5.75 Å². The first-order valence-corrected chi connectivity index (χ1v) is 10.2. The molecule has 1 aliphatic heterocycles. The predicted molar refractivity (Wildman–Crippen MR) is 86.7 cm³/mol. The summed E-state index contributed by atoms with van der Waals surface area (Å²) in [6, 6.07) is 0. The lowest BCUT2D eigenvalue weighted by Gasteiger charge is -2.28. The van der Waals surface area contributed by atoms with E-state index in [1.807, 2.05) is 0 Å². The van der Waals surface area contributed by atoms with Crippen molar-refractivity contribution >= 4 is 10.0 Å². The summed E-state index contributed by atoms with van der Waals surface area (Å²) < 4.78 is 21.9. The molecule has 0 amide bonds. The Morgan fingerprint density at radius 2 is 1.57 bits per heavy atom. The minimum Gasteiger partial charge on any atom is -0.302 e. The molecule has 0 radical (unpaired) electrons. The Kier molecular flexibility index (Phi) is 6.92. The van der Waals surface area contributed by atoms with Gasteiger partial charge in [-0.3, -0.25) is 0 Å². The Balaban J connectivity index is 1.66. The van der Waals surface area contributed by atoms with Crippen molar-refractivity contribution in [2.24, 2.45) is 11.1 Å². The summed E-state index contributed by atoms with van der Waals surface area (Å²) in [7, 11) is -3.30. The van der Waals surface area contributed by atoms with Gasteiger partial charge in [0, 0.05) is 19.6 Å². The molecular weight excluding hydrogens is 286 g/mol. The van der Waals surface area contributed by atoms with E-state index in [2.05, 4.69) is 9.80 Å². The van der Waals surface area contributed by atoms with Crippen LogP contribution in [0.4, 0.5) is 0 Å². The zero-order valence-electron chi connectivity index (χ0n) is 13.2. The maximum atomic E-state index is 11.0. The van der Waals surface area contributed by atoms with E-state index < -0.39 is 10.0 Å². The van der Waals surface area contributed by atoms with Gasteiger partial charge in [0.2, 0.25) is 10.0 Å². The van der Waals surface area contributed by atoms with Crippen LogP contribution in [0.1, 0.15) is 44.9 Å². The molecule has 1 saturated heterocycles. The molecule has 2 N–H and O–H groups in total. The highest BCUT2D eigenvalue weighted by molar-refractivity contribution is 7.89. The van der Waals surface area contributed by atoms with Gasteiger partial charge in [0.25, 0.3) is 0 Å². The summed E-state index contributed by atoms with van der Waals surface area (Å²) in [5, 5.41) is 5.05. The average molecular weight is 317 g/mol. The molecule has 5 nitrogen and oxygen atoms in total. The van der Waals surface area contributed by atoms with E-state index in [0.29, 0.717) is 6.42 Å². The molecule has 1 aliphatic carbocycles. The van der Waals surface area contributed by atoms with Crippen LogP contribution in [0.3, 0.4) is 0 Å². The fraction of sp³-hybridized carbons (Fsp3) is 1.00. The molecule has 2 fully saturated rings. The first-order valence-electron chi connectivity index (χ1n) is 8.48. The normalized spacial score (nSPS) is 24.0. The van der Waals surface area contributed by atoms with Gasteiger partial charge in [-0.2, -0.15) is 0 Å². The molecule has 1 saturated carbocycles. The Morgan fingerprint density at radius 3 is 2.29 bits per heavy atom. The van der Waals surface area contributed by atoms with Crippen LogP contribution >= 0.6 is 0 Å². The van der Waals surface area contributed by atoms with Gasteiger partial charge in [0.1, 0.15) is 0 Å².